The molecule has 6 rings (SSSR count). The number of hydrogen-bond acceptors (Lipinski definition) is 6. The highest BCUT2D eigenvalue weighted by molar-refractivity contribution is 7.99. The van der Waals surface area contributed by atoms with E-state index in [4.69, 9.17) is 4.74 Å². The molecule has 39 heavy (non-hydrogen) atoms. The van der Waals surface area contributed by atoms with Crippen molar-refractivity contribution >= 4 is 34.4 Å². The van der Waals surface area contributed by atoms with Crippen molar-refractivity contribution in [1.82, 2.24) is 14.5 Å². The van der Waals surface area contributed by atoms with Gasteiger partial charge in [0.1, 0.15) is 17.5 Å². The molecule has 3 aromatic rings. The molecule has 2 fully saturated rings. The van der Waals surface area contributed by atoms with E-state index < -0.39 is 11.6 Å². The summed E-state index contributed by atoms with van der Waals surface area (Å²) in [5.41, 5.74) is 2.08. The summed E-state index contributed by atoms with van der Waals surface area (Å²) in [5.74, 6) is -0.0480. The Kier molecular flexibility index (Phi) is 6.71. The van der Waals surface area contributed by atoms with E-state index in [1.165, 1.54) is 18.2 Å². The molecule has 4 heterocycles. The van der Waals surface area contributed by atoms with Crippen LogP contribution < -0.4 is 10.6 Å². The van der Waals surface area contributed by atoms with E-state index in [0.29, 0.717) is 62.9 Å². The molecule has 0 bridgehead atoms. The number of piperazine rings is 1. The fraction of sp³-hybridized carbons (Fsp3) is 0.414. The lowest BCUT2D eigenvalue weighted by atomic mass is 9.82. The van der Waals surface area contributed by atoms with Crippen molar-refractivity contribution in [3.05, 3.63) is 64.6 Å². The summed E-state index contributed by atoms with van der Waals surface area (Å²) in [5, 5.41) is 0.827. The molecule has 10 heteroatoms. The fourth-order valence-electron chi connectivity index (χ4n) is 6.06. The number of thioether (sulfide) groups is 1. The molecule has 3 aliphatic rings. The lowest BCUT2D eigenvalue weighted by molar-refractivity contribution is -0.126. The molecule has 0 saturated carbocycles. The minimum Gasteiger partial charge on any atom is -0.381 e. The summed E-state index contributed by atoms with van der Waals surface area (Å²) >= 11 is 1.64. The quantitative estimate of drug-likeness (QED) is 0.449. The van der Waals surface area contributed by atoms with Crippen molar-refractivity contribution in [2.45, 2.75) is 31.2 Å². The van der Waals surface area contributed by atoms with Gasteiger partial charge >= 0.3 is 5.69 Å². The first-order chi connectivity index (χ1) is 18.8. The smallest absolute Gasteiger partial charge is 0.350 e. The van der Waals surface area contributed by atoms with Gasteiger partial charge < -0.3 is 14.5 Å². The first-order valence-corrected chi connectivity index (χ1v) is 14.2. The fourth-order valence-corrected chi connectivity index (χ4v) is 7.66. The van der Waals surface area contributed by atoms with Crippen molar-refractivity contribution in [2.75, 3.05) is 50.0 Å². The van der Waals surface area contributed by atoms with Gasteiger partial charge in [-0.2, -0.15) is 4.98 Å². The highest BCUT2D eigenvalue weighted by Crippen LogP contribution is 2.48. The van der Waals surface area contributed by atoms with E-state index in [1.54, 1.807) is 21.2 Å². The van der Waals surface area contributed by atoms with Gasteiger partial charge in [0.15, 0.2) is 0 Å². The van der Waals surface area contributed by atoms with Gasteiger partial charge in [0.2, 0.25) is 5.91 Å². The molecule has 0 unspecified atom stereocenters. The Morgan fingerprint density at radius 3 is 2.59 bits per heavy atom. The Morgan fingerprint density at radius 2 is 1.90 bits per heavy atom. The topological polar surface area (TPSA) is 67.7 Å². The average Bonchev–Trinajstić information content (AvgIpc) is 3.09. The molecule has 1 aromatic heterocycles. The molecule has 0 aliphatic carbocycles. The van der Waals surface area contributed by atoms with Gasteiger partial charge in [0.05, 0.1) is 5.52 Å². The Hall–Kier alpha value is -3.24. The zero-order valence-electron chi connectivity index (χ0n) is 21.8. The van der Waals surface area contributed by atoms with E-state index >= 15 is 4.39 Å². The number of carbonyl (C=O) groups excluding carboxylic acids is 1. The number of aryl methyl sites for hydroxylation is 1. The van der Waals surface area contributed by atoms with Gasteiger partial charge in [-0.15, -0.1) is 11.8 Å². The van der Waals surface area contributed by atoms with E-state index in [0.717, 1.165) is 46.0 Å². The highest BCUT2D eigenvalue weighted by Gasteiger charge is 2.38. The van der Waals surface area contributed by atoms with Crippen LogP contribution in [0.25, 0.3) is 22.0 Å². The predicted molar refractivity (Wildman–Crippen MR) is 148 cm³/mol. The van der Waals surface area contributed by atoms with Gasteiger partial charge in [0.25, 0.3) is 0 Å². The molecular weight excluding hydrogens is 522 g/mol. The van der Waals surface area contributed by atoms with Crippen molar-refractivity contribution in [3.63, 3.8) is 0 Å². The van der Waals surface area contributed by atoms with Crippen LogP contribution in [0.15, 0.2) is 46.6 Å². The largest absolute Gasteiger partial charge is 0.381 e. The van der Waals surface area contributed by atoms with Gasteiger partial charge in [-0.25, -0.2) is 13.6 Å². The highest BCUT2D eigenvalue weighted by atomic mass is 32.2. The predicted octanol–water partition coefficient (Wildman–Crippen LogP) is 4.39. The lowest BCUT2D eigenvalue weighted by Gasteiger charge is -2.37. The number of halogens is 2. The van der Waals surface area contributed by atoms with Gasteiger partial charge in [-0.3, -0.25) is 9.36 Å². The molecule has 1 spiro atoms. The molecule has 7 nitrogen and oxygen atoms in total. The molecule has 204 valence electrons. The molecule has 0 radical (unpaired) electrons. The summed E-state index contributed by atoms with van der Waals surface area (Å²) in [6.45, 7) is 9.33. The molecule has 2 aromatic carbocycles. The standard InChI is InChI=1S/C29H30F2N4O3S/c1-3-23(36)33-8-10-34(11-9-33)27-21-14-18(2)24(20-5-4-19(30)15-22(20)31)26-25(21)35(28(37)32-27)16-29(17-39-26)6-12-38-13-7-29/h3-5,14-15H,1,6-13,16-17H2,2H3. The van der Waals surface area contributed by atoms with E-state index in [1.807, 2.05) is 13.0 Å². The lowest BCUT2D eigenvalue weighted by Crippen LogP contribution is -2.49. The Bertz CT molecular complexity index is 1540. The van der Waals surface area contributed by atoms with Crippen LogP contribution in [0.4, 0.5) is 14.6 Å². The second-order valence-corrected chi connectivity index (χ2v) is 11.6. The van der Waals surface area contributed by atoms with Crippen molar-refractivity contribution in [2.24, 2.45) is 5.41 Å². The number of benzene rings is 2. The normalized spacial score (nSPS) is 18.8. The van der Waals surface area contributed by atoms with Crippen LogP contribution in [-0.4, -0.2) is 65.5 Å². The monoisotopic (exact) mass is 552 g/mol. The number of ether oxygens (including phenoxy) is 1. The number of aromatic nitrogens is 2. The van der Waals surface area contributed by atoms with Crippen LogP contribution in [0.1, 0.15) is 18.4 Å². The third kappa shape index (κ3) is 4.53. The third-order valence-electron chi connectivity index (χ3n) is 8.23. The summed E-state index contributed by atoms with van der Waals surface area (Å²) < 4.78 is 36.4. The van der Waals surface area contributed by atoms with E-state index in [2.05, 4.69) is 16.5 Å². The molecule has 2 saturated heterocycles. The maximum absolute atomic E-state index is 15.2. The Morgan fingerprint density at radius 1 is 1.15 bits per heavy atom. The number of anilines is 1. The van der Waals surface area contributed by atoms with E-state index in [-0.39, 0.29) is 17.0 Å². The number of carbonyl (C=O) groups is 1. The molecular formula is C29H30F2N4O3S. The molecule has 3 aliphatic heterocycles. The summed E-state index contributed by atoms with van der Waals surface area (Å²) in [4.78, 5) is 35.1. The minimum atomic E-state index is -0.634. The van der Waals surface area contributed by atoms with Crippen LogP contribution in [-0.2, 0) is 16.1 Å². The molecule has 0 atom stereocenters. The van der Waals surface area contributed by atoms with Gasteiger partial charge in [-0.05, 0) is 49.6 Å². The number of rotatable bonds is 3. The van der Waals surface area contributed by atoms with Crippen LogP contribution in [0.5, 0.6) is 0 Å². The number of amides is 1. The first kappa shape index (κ1) is 26.0. The second kappa shape index (κ2) is 10.1. The SMILES string of the molecule is C=CC(=O)N1CCN(c2nc(=O)n3c4c(c(-c5ccc(F)cc5F)c(C)cc24)SCC2(CCOCC2)C3)CC1. The number of hydrogen-bond donors (Lipinski definition) is 0. The second-order valence-electron chi connectivity index (χ2n) is 10.6. The van der Waals surface area contributed by atoms with Crippen molar-refractivity contribution in [1.29, 1.82) is 0 Å². The average molecular weight is 553 g/mol. The zero-order valence-corrected chi connectivity index (χ0v) is 22.7. The maximum Gasteiger partial charge on any atom is 0.350 e. The third-order valence-corrected chi connectivity index (χ3v) is 9.67. The van der Waals surface area contributed by atoms with Crippen LogP contribution in [0.2, 0.25) is 0 Å². The molecule has 1 amide bonds. The van der Waals surface area contributed by atoms with Crippen LogP contribution in [0.3, 0.4) is 0 Å². The Balaban J connectivity index is 1.56. The Labute approximate surface area is 229 Å². The summed E-state index contributed by atoms with van der Waals surface area (Å²) in [6, 6.07) is 5.62. The first-order valence-electron chi connectivity index (χ1n) is 13.2. The van der Waals surface area contributed by atoms with Crippen LogP contribution in [0, 0.1) is 24.0 Å². The van der Waals surface area contributed by atoms with Crippen LogP contribution >= 0.6 is 11.8 Å². The number of nitrogens with zero attached hydrogens (tertiary/aromatic N) is 4. The van der Waals surface area contributed by atoms with Crippen molar-refractivity contribution in [3.8, 4) is 11.1 Å². The maximum atomic E-state index is 15.2. The minimum absolute atomic E-state index is 0.115. The van der Waals surface area contributed by atoms with E-state index in [9.17, 15) is 14.0 Å². The zero-order chi connectivity index (χ0) is 27.3. The summed E-state index contributed by atoms with van der Waals surface area (Å²) in [7, 11) is 0. The van der Waals surface area contributed by atoms with Gasteiger partial charge in [-0.1, -0.05) is 6.58 Å². The molecule has 0 N–H and O–H groups in total. The van der Waals surface area contributed by atoms with Crippen molar-refractivity contribution < 1.29 is 18.3 Å². The van der Waals surface area contributed by atoms with Gasteiger partial charge in [0, 0.05) is 84.6 Å². The summed E-state index contributed by atoms with van der Waals surface area (Å²) in [6.07, 6.45) is 2.96.